The van der Waals surface area contributed by atoms with Crippen molar-refractivity contribution in [1.29, 1.82) is 0 Å². The minimum atomic E-state index is 0.699. The van der Waals surface area contributed by atoms with Crippen molar-refractivity contribution in [2.24, 2.45) is 11.3 Å². The molecule has 0 bridgehead atoms. The van der Waals surface area contributed by atoms with Crippen LogP contribution in [0, 0.1) is 11.3 Å². The molecule has 13 heavy (non-hydrogen) atoms. The van der Waals surface area contributed by atoms with Crippen LogP contribution in [0.25, 0.3) is 0 Å². The Kier molecular flexibility index (Phi) is 2.64. The van der Waals surface area contributed by atoms with E-state index in [0.29, 0.717) is 5.41 Å². The minimum absolute atomic E-state index is 0.699. The maximum Gasteiger partial charge on any atom is 0.00724 e. The molecule has 76 valence electrons. The van der Waals surface area contributed by atoms with Crippen LogP contribution in [0.15, 0.2) is 0 Å². The number of rotatable bonds is 3. The largest absolute Gasteiger partial charge is 0.314 e. The van der Waals surface area contributed by atoms with Crippen LogP contribution in [-0.2, 0) is 0 Å². The summed E-state index contributed by atoms with van der Waals surface area (Å²) in [4.78, 5) is 0. The summed E-state index contributed by atoms with van der Waals surface area (Å²) < 4.78 is 0. The van der Waals surface area contributed by atoms with E-state index in [1.807, 2.05) is 0 Å². The molecule has 2 unspecified atom stereocenters. The molecule has 1 heteroatoms. The van der Waals surface area contributed by atoms with Crippen molar-refractivity contribution in [3.63, 3.8) is 0 Å². The molecule has 0 amide bonds. The van der Waals surface area contributed by atoms with Crippen LogP contribution < -0.4 is 5.32 Å². The number of hydrogen-bond acceptors (Lipinski definition) is 1. The van der Waals surface area contributed by atoms with Gasteiger partial charge in [-0.1, -0.05) is 20.3 Å². The fourth-order valence-corrected chi connectivity index (χ4v) is 3.21. The molecule has 0 heterocycles. The van der Waals surface area contributed by atoms with Gasteiger partial charge >= 0.3 is 0 Å². The summed E-state index contributed by atoms with van der Waals surface area (Å²) >= 11 is 0. The lowest BCUT2D eigenvalue weighted by molar-refractivity contribution is 0.106. The van der Waals surface area contributed by atoms with E-state index in [0.717, 1.165) is 18.5 Å². The fraction of sp³-hybridized carbons (Fsp3) is 1.00. The highest BCUT2D eigenvalue weighted by atomic mass is 14.9. The zero-order chi connectivity index (χ0) is 9.31. The molecule has 2 saturated carbocycles. The van der Waals surface area contributed by atoms with E-state index in [4.69, 9.17) is 0 Å². The second-order valence-electron chi connectivity index (χ2n) is 5.28. The van der Waals surface area contributed by atoms with Gasteiger partial charge in [-0.2, -0.15) is 0 Å². The first-order valence-electron chi connectivity index (χ1n) is 5.98. The lowest BCUT2D eigenvalue weighted by atomic mass is 9.65. The maximum absolute atomic E-state index is 3.60. The fourth-order valence-electron chi connectivity index (χ4n) is 3.21. The van der Waals surface area contributed by atoms with Gasteiger partial charge in [-0.05, 0) is 50.0 Å². The van der Waals surface area contributed by atoms with Gasteiger partial charge in [0.25, 0.3) is 0 Å². The molecule has 0 radical (unpaired) electrons. The average Bonchev–Trinajstić information content (AvgIpc) is 2.29. The summed E-state index contributed by atoms with van der Waals surface area (Å²) in [5.41, 5.74) is 0.699. The van der Waals surface area contributed by atoms with Gasteiger partial charge in [-0.15, -0.1) is 0 Å². The molecule has 0 aliphatic heterocycles. The third-order valence-corrected chi connectivity index (χ3v) is 4.36. The molecule has 2 aliphatic rings. The second kappa shape index (κ2) is 3.61. The van der Waals surface area contributed by atoms with Crippen LogP contribution in [0.1, 0.15) is 52.4 Å². The minimum Gasteiger partial charge on any atom is -0.314 e. The molecule has 0 aromatic heterocycles. The third kappa shape index (κ3) is 1.76. The van der Waals surface area contributed by atoms with Crippen molar-refractivity contribution in [3.05, 3.63) is 0 Å². The van der Waals surface area contributed by atoms with Crippen LogP contribution in [0.5, 0.6) is 0 Å². The molecule has 2 atom stereocenters. The normalized spacial score (nSPS) is 40.6. The molecule has 0 aromatic rings. The summed E-state index contributed by atoms with van der Waals surface area (Å²) in [6.07, 6.45) is 8.83. The molecule has 2 aliphatic carbocycles. The van der Waals surface area contributed by atoms with Gasteiger partial charge in [-0.3, -0.25) is 0 Å². The molecular formula is C12H23N. The zero-order valence-electron chi connectivity index (χ0n) is 9.10. The Hall–Kier alpha value is -0.0400. The maximum atomic E-state index is 3.60. The summed E-state index contributed by atoms with van der Waals surface area (Å²) in [5.74, 6) is 1.07. The van der Waals surface area contributed by atoms with Gasteiger partial charge in [0.15, 0.2) is 0 Å². The molecule has 1 nitrogen and oxygen atoms in total. The van der Waals surface area contributed by atoms with Crippen molar-refractivity contribution in [1.82, 2.24) is 5.32 Å². The van der Waals surface area contributed by atoms with Crippen molar-refractivity contribution in [2.75, 3.05) is 6.54 Å². The predicted molar refractivity (Wildman–Crippen MR) is 56.8 cm³/mol. The van der Waals surface area contributed by atoms with E-state index in [2.05, 4.69) is 19.2 Å². The summed E-state index contributed by atoms with van der Waals surface area (Å²) in [7, 11) is 0. The Balaban J connectivity index is 1.87. The lowest BCUT2D eigenvalue weighted by Crippen LogP contribution is -2.33. The average molecular weight is 181 g/mol. The van der Waals surface area contributed by atoms with Crippen molar-refractivity contribution < 1.29 is 0 Å². The zero-order valence-corrected chi connectivity index (χ0v) is 9.10. The first-order chi connectivity index (χ1) is 6.24. The van der Waals surface area contributed by atoms with Crippen LogP contribution >= 0.6 is 0 Å². The summed E-state index contributed by atoms with van der Waals surface area (Å²) in [6.45, 7) is 5.89. The topological polar surface area (TPSA) is 12.0 Å². The smallest absolute Gasteiger partial charge is 0.00724 e. The highest BCUT2D eigenvalue weighted by Crippen LogP contribution is 2.51. The molecule has 0 aromatic carbocycles. The monoisotopic (exact) mass is 181 g/mol. The van der Waals surface area contributed by atoms with Crippen molar-refractivity contribution >= 4 is 0 Å². The van der Waals surface area contributed by atoms with Gasteiger partial charge < -0.3 is 5.32 Å². The van der Waals surface area contributed by atoms with Crippen molar-refractivity contribution in [2.45, 2.75) is 58.4 Å². The van der Waals surface area contributed by atoms with E-state index in [9.17, 15) is 0 Å². The quantitative estimate of drug-likeness (QED) is 0.706. The summed E-state index contributed by atoms with van der Waals surface area (Å²) in [6, 6.07) is 0.829. The number of nitrogens with one attached hydrogen (secondary N) is 1. The Morgan fingerprint density at radius 1 is 1.31 bits per heavy atom. The summed E-state index contributed by atoms with van der Waals surface area (Å²) in [5, 5.41) is 3.60. The third-order valence-electron chi connectivity index (χ3n) is 4.36. The van der Waals surface area contributed by atoms with Gasteiger partial charge in [-0.25, -0.2) is 0 Å². The first kappa shape index (κ1) is 9.51. The van der Waals surface area contributed by atoms with E-state index in [1.165, 1.54) is 38.5 Å². The molecule has 2 fully saturated rings. The predicted octanol–water partition coefficient (Wildman–Crippen LogP) is 2.95. The standard InChI is InChI=1S/C12H23N/c1-3-13-11-7-8-12(2,9-11)10-5-4-6-10/h10-11,13H,3-9H2,1-2H3. The molecular weight excluding hydrogens is 158 g/mol. The Morgan fingerprint density at radius 2 is 2.08 bits per heavy atom. The highest BCUT2D eigenvalue weighted by Gasteiger charge is 2.42. The van der Waals surface area contributed by atoms with Gasteiger partial charge in [0.05, 0.1) is 0 Å². The van der Waals surface area contributed by atoms with E-state index >= 15 is 0 Å². The second-order valence-corrected chi connectivity index (χ2v) is 5.28. The lowest BCUT2D eigenvalue weighted by Gasteiger charge is -2.40. The first-order valence-corrected chi connectivity index (χ1v) is 5.98. The van der Waals surface area contributed by atoms with E-state index < -0.39 is 0 Å². The van der Waals surface area contributed by atoms with Gasteiger partial charge in [0.1, 0.15) is 0 Å². The Bertz CT molecular complexity index is 174. The molecule has 0 spiro atoms. The molecule has 2 rings (SSSR count). The SMILES string of the molecule is CCNC1CCC(C)(C2CCC2)C1. The van der Waals surface area contributed by atoms with Crippen LogP contribution in [-0.4, -0.2) is 12.6 Å². The van der Waals surface area contributed by atoms with Gasteiger partial charge in [0.2, 0.25) is 0 Å². The van der Waals surface area contributed by atoms with Crippen LogP contribution in [0.3, 0.4) is 0 Å². The molecule has 0 saturated heterocycles. The highest BCUT2D eigenvalue weighted by molar-refractivity contribution is 4.96. The van der Waals surface area contributed by atoms with Gasteiger partial charge in [0, 0.05) is 6.04 Å². The van der Waals surface area contributed by atoms with Crippen LogP contribution in [0.4, 0.5) is 0 Å². The Labute approximate surface area is 82.3 Å². The Morgan fingerprint density at radius 3 is 2.62 bits per heavy atom. The van der Waals surface area contributed by atoms with E-state index in [-0.39, 0.29) is 0 Å². The van der Waals surface area contributed by atoms with Crippen molar-refractivity contribution in [3.8, 4) is 0 Å². The van der Waals surface area contributed by atoms with Crippen LogP contribution in [0.2, 0.25) is 0 Å². The number of hydrogen-bond donors (Lipinski definition) is 1. The molecule has 1 N–H and O–H groups in total. The van der Waals surface area contributed by atoms with E-state index in [1.54, 1.807) is 0 Å².